The number of carbonyl (C=O) groups excluding carboxylic acids is 1. The van der Waals surface area contributed by atoms with Gasteiger partial charge in [0.15, 0.2) is 6.39 Å². The van der Waals surface area contributed by atoms with E-state index < -0.39 is 0 Å². The molecule has 2 aromatic rings. The molecular weight excluding hydrogens is 378 g/mol. The molecule has 1 aromatic heterocycles. The van der Waals surface area contributed by atoms with E-state index in [-0.39, 0.29) is 12.0 Å². The van der Waals surface area contributed by atoms with Crippen molar-refractivity contribution in [3.8, 4) is 0 Å². The Morgan fingerprint density at radius 1 is 1.17 bits per heavy atom. The summed E-state index contributed by atoms with van der Waals surface area (Å²) >= 11 is 0. The monoisotopic (exact) mass is 411 g/mol. The minimum Gasteiger partial charge on any atom is -0.438 e. The van der Waals surface area contributed by atoms with Crippen molar-refractivity contribution in [3.63, 3.8) is 0 Å². The Hall–Kier alpha value is -2.18. The van der Waals surface area contributed by atoms with Crippen molar-refractivity contribution in [1.29, 1.82) is 0 Å². The van der Waals surface area contributed by atoms with E-state index in [0.29, 0.717) is 23.9 Å². The van der Waals surface area contributed by atoms with Crippen LogP contribution >= 0.6 is 0 Å². The summed E-state index contributed by atoms with van der Waals surface area (Å²) in [6.07, 6.45) is 5.81. The third kappa shape index (κ3) is 5.10. The Morgan fingerprint density at radius 3 is 2.63 bits per heavy atom. The lowest BCUT2D eigenvalue weighted by molar-refractivity contribution is 0.0422. The number of aromatic nitrogens is 1. The Morgan fingerprint density at radius 2 is 1.97 bits per heavy atom. The zero-order valence-corrected chi connectivity index (χ0v) is 18.2. The summed E-state index contributed by atoms with van der Waals surface area (Å²) in [4.78, 5) is 21.7. The highest BCUT2D eigenvalue weighted by atomic mass is 16.5. The summed E-state index contributed by atoms with van der Waals surface area (Å²) < 4.78 is 11.2. The summed E-state index contributed by atoms with van der Waals surface area (Å²) in [5.74, 6) is 0.819. The van der Waals surface area contributed by atoms with Crippen LogP contribution in [0.2, 0.25) is 0 Å². The molecule has 2 aliphatic rings. The van der Waals surface area contributed by atoms with E-state index in [2.05, 4.69) is 41.1 Å². The quantitative estimate of drug-likeness (QED) is 0.693. The minimum absolute atomic E-state index is 0.0529. The van der Waals surface area contributed by atoms with Crippen molar-refractivity contribution in [3.05, 3.63) is 53.2 Å². The van der Waals surface area contributed by atoms with Crippen molar-refractivity contribution in [2.24, 2.45) is 5.92 Å². The second-order valence-corrected chi connectivity index (χ2v) is 8.76. The standard InChI is InChI=1S/C24H33N3O3/c1-18-6-3-4-7-21(18)15-26-11-9-20(10-12-26)14-27(16-22-8-5-13-29-22)24(28)23-19(2)25-17-30-23/h3-4,6-7,17,20,22H,5,8-16H2,1-2H3/t22-/m0/s1. The number of benzene rings is 1. The number of piperidine rings is 1. The molecule has 0 aliphatic carbocycles. The fraction of sp³-hybridized carbons (Fsp3) is 0.583. The SMILES string of the molecule is Cc1ccccc1CN1CCC(CN(C[C@@H]2CCCO2)C(=O)c2ocnc2C)CC1. The second-order valence-electron chi connectivity index (χ2n) is 8.76. The van der Waals surface area contributed by atoms with E-state index in [1.165, 1.54) is 17.5 Å². The van der Waals surface area contributed by atoms with Gasteiger partial charge in [0.1, 0.15) is 0 Å². The van der Waals surface area contributed by atoms with Crippen molar-refractivity contribution < 1.29 is 13.9 Å². The van der Waals surface area contributed by atoms with Crippen LogP contribution in [0.1, 0.15) is 53.1 Å². The molecule has 0 unspecified atom stereocenters. The maximum Gasteiger partial charge on any atom is 0.291 e. The Kier molecular flexibility index (Phi) is 6.85. The second kappa shape index (κ2) is 9.75. The van der Waals surface area contributed by atoms with Gasteiger partial charge in [-0.25, -0.2) is 4.98 Å². The lowest BCUT2D eigenvalue weighted by Gasteiger charge is -2.35. The number of rotatable bonds is 7. The topological polar surface area (TPSA) is 58.8 Å². The van der Waals surface area contributed by atoms with Crippen LogP contribution in [-0.4, -0.2) is 59.6 Å². The number of carbonyl (C=O) groups is 1. The predicted octanol–water partition coefficient (Wildman–Crippen LogP) is 3.82. The number of ether oxygens (including phenoxy) is 1. The van der Waals surface area contributed by atoms with Crippen LogP contribution in [0.5, 0.6) is 0 Å². The van der Waals surface area contributed by atoms with E-state index in [1.54, 1.807) is 0 Å². The van der Waals surface area contributed by atoms with Gasteiger partial charge < -0.3 is 14.1 Å². The number of nitrogens with zero attached hydrogens (tertiary/aromatic N) is 3. The van der Waals surface area contributed by atoms with Gasteiger partial charge in [0, 0.05) is 26.2 Å². The van der Waals surface area contributed by atoms with Crippen LogP contribution in [0, 0.1) is 19.8 Å². The van der Waals surface area contributed by atoms with Gasteiger partial charge in [-0.2, -0.15) is 0 Å². The number of hydrogen-bond acceptors (Lipinski definition) is 5. The molecule has 4 rings (SSSR count). The van der Waals surface area contributed by atoms with E-state index >= 15 is 0 Å². The normalized spacial score (nSPS) is 20.5. The zero-order chi connectivity index (χ0) is 20.9. The summed E-state index contributed by atoms with van der Waals surface area (Å²) in [6.45, 7) is 9.36. The fourth-order valence-corrected chi connectivity index (χ4v) is 4.59. The van der Waals surface area contributed by atoms with Crippen LogP contribution in [0.4, 0.5) is 0 Å². The van der Waals surface area contributed by atoms with Crippen molar-refractivity contribution in [2.45, 2.75) is 52.2 Å². The summed E-state index contributed by atoms with van der Waals surface area (Å²) in [6, 6.07) is 8.63. The predicted molar refractivity (Wildman–Crippen MR) is 115 cm³/mol. The van der Waals surface area contributed by atoms with Gasteiger partial charge in [-0.05, 0) is 69.7 Å². The van der Waals surface area contributed by atoms with E-state index in [4.69, 9.17) is 9.15 Å². The molecule has 1 aromatic carbocycles. The van der Waals surface area contributed by atoms with Crippen LogP contribution in [0.3, 0.4) is 0 Å². The van der Waals surface area contributed by atoms with Crippen molar-refractivity contribution in [1.82, 2.24) is 14.8 Å². The van der Waals surface area contributed by atoms with Gasteiger partial charge in [0.2, 0.25) is 5.76 Å². The lowest BCUT2D eigenvalue weighted by Crippen LogP contribution is -2.43. The lowest BCUT2D eigenvalue weighted by atomic mass is 9.95. The first-order chi connectivity index (χ1) is 14.6. The van der Waals surface area contributed by atoms with Gasteiger partial charge in [-0.1, -0.05) is 24.3 Å². The zero-order valence-electron chi connectivity index (χ0n) is 18.2. The largest absolute Gasteiger partial charge is 0.438 e. The number of likely N-dealkylation sites (tertiary alicyclic amines) is 1. The van der Waals surface area contributed by atoms with E-state index in [9.17, 15) is 4.79 Å². The molecule has 0 spiro atoms. The third-order valence-electron chi connectivity index (χ3n) is 6.52. The number of amides is 1. The van der Waals surface area contributed by atoms with Gasteiger partial charge in [-0.3, -0.25) is 9.69 Å². The van der Waals surface area contributed by atoms with E-state index in [0.717, 1.165) is 58.5 Å². The smallest absolute Gasteiger partial charge is 0.291 e. The van der Waals surface area contributed by atoms with Crippen molar-refractivity contribution >= 4 is 5.91 Å². The summed E-state index contributed by atoms with van der Waals surface area (Å²) in [5.41, 5.74) is 3.42. The average Bonchev–Trinajstić information content (AvgIpc) is 3.42. The number of hydrogen-bond donors (Lipinski definition) is 0. The molecule has 2 fully saturated rings. The van der Waals surface area contributed by atoms with Gasteiger partial charge >= 0.3 is 0 Å². The summed E-state index contributed by atoms with van der Waals surface area (Å²) in [5, 5.41) is 0. The average molecular weight is 412 g/mol. The Balaban J connectivity index is 1.35. The van der Waals surface area contributed by atoms with Gasteiger partial charge in [0.05, 0.1) is 11.8 Å². The molecule has 0 saturated carbocycles. The molecule has 30 heavy (non-hydrogen) atoms. The highest BCUT2D eigenvalue weighted by Gasteiger charge is 2.30. The molecule has 3 heterocycles. The number of oxazole rings is 1. The first-order valence-electron chi connectivity index (χ1n) is 11.2. The molecule has 2 aliphatic heterocycles. The minimum atomic E-state index is -0.0529. The molecule has 6 heteroatoms. The molecule has 6 nitrogen and oxygen atoms in total. The maximum absolute atomic E-state index is 13.2. The molecule has 0 radical (unpaired) electrons. The maximum atomic E-state index is 13.2. The Bertz CT molecular complexity index is 836. The molecule has 2 saturated heterocycles. The first kappa shape index (κ1) is 21.1. The van der Waals surface area contributed by atoms with Crippen LogP contribution in [0.15, 0.2) is 35.1 Å². The highest BCUT2D eigenvalue weighted by Crippen LogP contribution is 2.24. The molecular formula is C24H33N3O3. The summed E-state index contributed by atoms with van der Waals surface area (Å²) in [7, 11) is 0. The van der Waals surface area contributed by atoms with Crippen LogP contribution in [0.25, 0.3) is 0 Å². The van der Waals surface area contributed by atoms with Gasteiger partial charge in [-0.15, -0.1) is 0 Å². The van der Waals surface area contributed by atoms with E-state index in [1.807, 2.05) is 11.8 Å². The van der Waals surface area contributed by atoms with Gasteiger partial charge in [0.25, 0.3) is 5.91 Å². The molecule has 162 valence electrons. The van der Waals surface area contributed by atoms with Crippen LogP contribution in [-0.2, 0) is 11.3 Å². The highest BCUT2D eigenvalue weighted by molar-refractivity contribution is 5.92. The first-order valence-corrected chi connectivity index (χ1v) is 11.2. The fourth-order valence-electron chi connectivity index (χ4n) is 4.59. The van der Waals surface area contributed by atoms with Crippen LogP contribution < -0.4 is 0 Å². The van der Waals surface area contributed by atoms with Crippen molar-refractivity contribution in [2.75, 3.05) is 32.8 Å². The molecule has 1 atom stereocenters. The number of aryl methyl sites for hydroxylation is 2. The molecule has 0 bridgehead atoms. The third-order valence-corrected chi connectivity index (χ3v) is 6.52. The Labute approximate surface area is 179 Å². The molecule has 1 amide bonds. The molecule has 0 N–H and O–H groups in total.